The first kappa shape index (κ1) is 15.2. The molecule has 1 fully saturated rings. The zero-order chi connectivity index (χ0) is 15.4. The van der Waals surface area contributed by atoms with Crippen molar-refractivity contribution in [1.82, 2.24) is 9.55 Å². The van der Waals surface area contributed by atoms with Crippen LogP contribution in [-0.2, 0) is 14.3 Å². The van der Waals surface area contributed by atoms with Gasteiger partial charge in [-0.1, -0.05) is 0 Å². The average molecular weight is 298 g/mol. The van der Waals surface area contributed by atoms with Crippen LogP contribution in [0.4, 0.5) is 0 Å². The maximum Gasteiger partial charge on any atom is 0.330 e. The minimum atomic E-state index is -0.906. The van der Waals surface area contributed by atoms with Crippen LogP contribution in [0.3, 0.4) is 0 Å². The lowest BCUT2D eigenvalue weighted by Gasteiger charge is -2.14. The summed E-state index contributed by atoms with van der Waals surface area (Å²) in [6.45, 7) is -0.196. The Balaban J connectivity index is 2.32. The number of carbonyl (C=O) groups excluding carboxylic acids is 1. The van der Waals surface area contributed by atoms with Gasteiger partial charge in [0.2, 0.25) is 0 Å². The first-order valence-corrected chi connectivity index (χ1v) is 6.12. The van der Waals surface area contributed by atoms with Gasteiger partial charge in [0.05, 0.1) is 24.5 Å². The summed E-state index contributed by atoms with van der Waals surface area (Å²) >= 11 is 0. The fraction of sp³-hybridized carbons (Fsp3) is 0.417. The summed E-state index contributed by atoms with van der Waals surface area (Å²) in [4.78, 5) is 35.5. The Morgan fingerprint density at radius 1 is 1.52 bits per heavy atom. The third-order valence-corrected chi connectivity index (χ3v) is 3.07. The van der Waals surface area contributed by atoms with E-state index in [0.717, 1.165) is 10.8 Å². The predicted octanol–water partition coefficient (Wildman–Crippen LogP) is -1.68. The van der Waals surface area contributed by atoms with E-state index in [9.17, 15) is 19.5 Å². The van der Waals surface area contributed by atoms with Gasteiger partial charge in [0.15, 0.2) is 0 Å². The molecule has 1 saturated heterocycles. The monoisotopic (exact) mass is 298 g/mol. The number of nitrogens with one attached hydrogen (secondary N) is 1. The second-order valence-electron chi connectivity index (χ2n) is 4.40. The van der Waals surface area contributed by atoms with E-state index < -0.39 is 29.7 Å². The van der Waals surface area contributed by atoms with E-state index >= 15 is 0 Å². The van der Waals surface area contributed by atoms with Crippen molar-refractivity contribution in [2.24, 2.45) is 0 Å². The molecule has 1 aromatic rings. The lowest BCUT2D eigenvalue weighted by atomic mass is 10.2. The van der Waals surface area contributed by atoms with Crippen molar-refractivity contribution in [3.63, 3.8) is 0 Å². The Morgan fingerprint density at radius 2 is 2.29 bits per heavy atom. The van der Waals surface area contributed by atoms with Crippen LogP contribution in [0.5, 0.6) is 0 Å². The summed E-state index contributed by atoms with van der Waals surface area (Å²) in [6, 6.07) is 0. The van der Waals surface area contributed by atoms with E-state index in [0.29, 0.717) is 0 Å². The quantitative estimate of drug-likeness (QED) is 0.437. The van der Waals surface area contributed by atoms with E-state index in [1.165, 1.54) is 12.3 Å². The molecule has 2 rings (SSSR count). The molecular weight excluding hydrogens is 284 g/mol. The standard InChI is InChI=1S/C12H14N2O7/c15-5-9-8(17)3-10(21-9)14-4-7(1-2-20-6-16)11(18)13-12(14)19/h1-2,4,6,8-10,15,17H,3,5H2,(H,13,18,19)/b2-1+. The van der Waals surface area contributed by atoms with Gasteiger partial charge in [0.25, 0.3) is 12.0 Å². The SMILES string of the molecule is O=CO/C=C/c1cn(C2CC(O)C(CO)O2)c(=O)[nH]c1=O. The molecule has 0 radical (unpaired) electrons. The van der Waals surface area contributed by atoms with E-state index in [-0.39, 0.29) is 25.1 Å². The van der Waals surface area contributed by atoms with Gasteiger partial charge < -0.3 is 19.7 Å². The van der Waals surface area contributed by atoms with E-state index in [1.807, 2.05) is 0 Å². The van der Waals surface area contributed by atoms with Crippen molar-refractivity contribution in [2.45, 2.75) is 24.9 Å². The van der Waals surface area contributed by atoms with Gasteiger partial charge in [0.1, 0.15) is 12.3 Å². The fourth-order valence-electron chi connectivity index (χ4n) is 2.03. The number of aromatic amines is 1. The fourth-order valence-corrected chi connectivity index (χ4v) is 2.03. The highest BCUT2D eigenvalue weighted by Crippen LogP contribution is 2.27. The van der Waals surface area contributed by atoms with Gasteiger partial charge in [0, 0.05) is 12.6 Å². The number of H-pyrrole nitrogens is 1. The van der Waals surface area contributed by atoms with Crippen LogP contribution >= 0.6 is 0 Å². The maximum absolute atomic E-state index is 11.8. The zero-order valence-corrected chi connectivity index (χ0v) is 10.8. The van der Waals surface area contributed by atoms with Crippen LogP contribution in [0.25, 0.3) is 6.08 Å². The largest absolute Gasteiger partial charge is 0.437 e. The van der Waals surface area contributed by atoms with E-state index in [1.54, 1.807) is 0 Å². The van der Waals surface area contributed by atoms with Gasteiger partial charge in [-0.25, -0.2) is 4.79 Å². The highest BCUT2D eigenvalue weighted by molar-refractivity contribution is 5.48. The van der Waals surface area contributed by atoms with Crippen LogP contribution in [0.2, 0.25) is 0 Å². The molecule has 3 unspecified atom stereocenters. The summed E-state index contributed by atoms with van der Waals surface area (Å²) in [7, 11) is 0. The van der Waals surface area contributed by atoms with Crippen LogP contribution in [-0.4, -0.2) is 45.1 Å². The van der Waals surface area contributed by atoms with Crippen LogP contribution in [0.1, 0.15) is 18.2 Å². The minimum Gasteiger partial charge on any atom is -0.437 e. The number of aliphatic hydroxyl groups excluding tert-OH is 2. The third kappa shape index (κ3) is 3.27. The lowest BCUT2D eigenvalue weighted by Crippen LogP contribution is -2.33. The van der Waals surface area contributed by atoms with Gasteiger partial charge in [-0.3, -0.25) is 19.1 Å². The molecule has 3 atom stereocenters. The second kappa shape index (κ2) is 6.48. The molecule has 0 aliphatic carbocycles. The molecule has 1 aliphatic rings. The van der Waals surface area contributed by atoms with Gasteiger partial charge in [-0.2, -0.15) is 0 Å². The number of nitrogens with zero attached hydrogens (tertiary/aromatic N) is 1. The van der Waals surface area contributed by atoms with Crippen molar-refractivity contribution in [3.8, 4) is 0 Å². The Bertz CT molecular complexity index is 648. The highest BCUT2D eigenvalue weighted by Gasteiger charge is 2.35. The van der Waals surface area contributed by atoms with Crippen molar-refractivity contribution >= 4 is 12.5 Å². The molecule has 0 aromatic carbocycles. The molecule has 9 heteroatoms. The molecule has 1 aromatic heterocycles. The summed E-state index contributed by atoms with van der Waals surface area (Å²) < 4.78 is 10.8. The summed E-state index contributed by atoms with van der Waals surface area (Å²) in [5, 5.41) is 18.7. The second-order valence-corrected chi connectivity index (χ2v) is 4.40. The first-order chi connectivity index (χ1) is 10.1. The van der Waals surface area contributed by atoms with Crippen molar-refractivity contribution in [1.29, 1.82) is 0 Å². The Kier molecular flexibility index (Phi) is 4.68. The number of ether oxygens (including phenoxy) is 2. The molecular formula is C12H14N2O7. The highest BCUT2D eigenvalue weighted by atomic mass is 16.5. The van der Waals surface area contributed by atoms with Crippen LogP contribution in [0, 0.1) is 0 Å². The smallest absolute Gasteiger partial charge is 0.330 e. The molecule has 2 heterocycles. The number of rotatable bonds is 5. The Morgan fingerprint density at radius 3 is 2.90 bits per heavy atom. The number of hydrogen-bond donors (Lipinski definition) is 3. The molecule has 0 saturated carbocycles. The topological polar surface area (TPSA) is 131 Å². The first-order valence-electron chi connectivity index (χ1n) is 6.12. The average Bonchev–Trinajstić information content (AvgIpc) is 2.82. The van der Waals surface area contributed by atoms with Crippen molar-refractivity contribution in [2.75, 3.05) is 6.61 Å². The van der Waals surface area contributed by atoms with Crippen molar-refractivity contribution < 1.29 is 24.5 Å². The molecule has 0 bridgehead atoms. The third-order valence-electron chi connectivity index (χ3n) is 3.07. The van der Waals surface area contributed by atoms with Gasteiger partial charge in [-0.15, -0.1) is 0 Å². The van der Waals surface area contributed by atoms with E-state index in [2.05, 4.69) is 9.72 Å². The number of hydrogen-bond acceptors (Lipinski definition) is 7. The van der Waals surface area contributed by atoms with Crippen molar-refractivity contribution in [3.05, 3.63) is 38.9 Å². The normalized spacial score (nSPS) is 25.3. The molecule has 21 heavy (non-hydrogen) atoms. The summed E-state index contributed by atoms with van der Waals surface area (Å²) in [5.74, 6) is 0. The summed E-state index contributed by atoms with van der Waals surface area (Å²) in [6.07, 6.45) is 1.03. The maximum atomic E-state index is 11.8. The Hall–Kier alpha value is -2.23. The molecule has 1 aliphatic heterocycles. The molecule has 0 spiro atoms. The molecule has 3 N–H and O–H groups in total. The summed E-state index contributed by atoms with van der Waals surface area (Å²) in [5.41, 5.74) is -1.29. The number of aliphatic hydroxyl groups is 2. The van der Waals surface area contributed by atoms with Gasteiger partial charge >= 0.3 is 5.69 Å². The predicted molar refractivity (Wildman–Crippen MR) is 69.1 cm³/mol. The molecule has 114 valence electrons. The molecule has 9 nitrogen and oxygen atoms in total. The minimum absolute atomic E-state index is 0.0713. The number of aromatic nitrogens is 2. The Labute approximate surface area is 118 Å². The van der Waals surface area contributed by atoms with E-state index in [4.69, 9.17) is 9.84 Å². The molecule has 0 amide bonds. The number of carbonyl (C=O) groups is 1. The van der Waals surface area contributed by atoms with Gasteiger partial charge in [-0.05, 0) is 6.08 Å². The zero-order valence-electron chi connectivity index (χ0n) is 10.8. The van der Waals surface area contributed by atoms with Crippen LogP contribution in [0.15, 0.2) is 22.0 Å². The van der Waals surface area contributed by atoms with Crippen LogP contribution < -0.4 is 11.2 Å². The lowest BCUT2D eigenvalue weighted by molar-refractivity contribution is -0.123.